The summed E-state index contributed by atoms with van der Waals surface area (Å²) < 4.78 is 67.8. The van der Waals surface area contributed by atoms with Crippen molar-refractivity contribution in [3.05, 3.63) is 0 Å². The predicted molar refractivity (Wildman–Crippen MR) is 178 cm³/mol. The molecule has 44 heavy (non-hydrogen) atoms. The second-order valence-corrected chi connectivity index (χ2v) is 22.6. The lowest BCUT2D eigenvalue weighted by Gasteiger charge is -2.31. The number of nitrogens with zero attached hydrogens (tertiary/aromatic N) is 2. The zero-order chi connectivity index (χ0) is 33.5. The summed E-state index contributed by atoms with van der Waals surface area (Å²) >= 11 is 0. The maximum absolute atomic E-state index is 5.65. The van der Waals surface area contributed by atoms with Gasteiger partial charge in [-0.3, -0.25) is 0 Å². The van der Waals surface area contributed by atoms with Crippen molar-refractivity contribution < 1.29 is 53.1 Å². The third kappa shape index (κ3) is 15.0. The van der Waals surface area contributed by atoms with Crippen molar-refractivity contribution >= 4 is 35.2 Å². The first-order valence-corrected chi connectivity index (χ1v) is 22.9. The van der Waals surface area contributed by atoms with Crippen LogP contribution in [0, 0.1) is 0 Å². The van der Waals surface area contributed by atoms with Gasteiger partial charge in [0.15, 0.2) is 0 Å². The topological polar surface area (TPSA) is 117 Å². The molecule has 0 spiro atoms. The highest BCUT2D eigenvalue weighted by atomic mass is 28.4. The Morgan fingerprint density at radius 2 is 0.432 bits per heavy atom. The van der Waals surface area contributed by atoms with Gasteiger partial charge in [0, 0.05) is 123 Å². The normalized spacial score (nSPS) is 13.5. The molecular weight excluding hydrogens is 645 g/mol. The molecule has 0 amide bonds. The summed E-state index contributed by atoms with van der Waals surface area (Å²) in [5, 5.41) is 0. The molecule has 18 heteroatoms. The zero-order valence-corrected chi connectivity index (χ0v) is 33.7. The van der Waals surface area contributed by atoms with Crippen LogP contribution in [0.5, 0.6) is 0 Å². The Morgan fingerprint density at radius 3 is 0.568 bits per heavy atom. The maximum atomic E-state index is 5.65. The first-order chi connectivity index (χ1) is 21.1. The zero-order valence-electron chi connectivity index (χ0n) is 29.7. The standard InChI is InChI=1S/C26H64N2O12Si4/c1-29-41(30-2,31-3)23-13-17-27(18-14-24-42(32-4,33-5)34-6)21-22-28(19-15-25-43(35-7,36-8)37-9)20-16-26-44(38-10,39-11)40-12/h13-26H2,1-12H3. The fraction of sp³-hybridized carbons (Fsp3) is 1.00. The third-order valence-electron chi connectivity index (χ3n) is 8.29. The van der Waals surface area contributed by atoms with Crippen LogP contribution in [-0.4, -0.2) is 170 Å². The molecule has 0 aliphatic heterocycles. The highest BCUT2D eigenvalue weighted by molar-refractivity contribution is 6.61. The van der Waals surface area contributed by atoms with E-state index in [1.807, 2.05) is 0 Å². The van der Waals surface area contributed by atoms with Crippen LogP contribution < -0.4 is 0 Å². The smallest absolute Gasteiger partial charge is 0.377 e. The van der Waals surface area contributed by atoms with Crippen LogP contribution in [0.2, 0.25) is 24.2 Å². The summed E-state index contributed by atoms with van der Waals surface area (Å²) in [6, 6.07) is 2.94. The van der Waals surface area contributed by atoms with Crippen molar-refractivity contribution in [3.8, 4) is 0 Å². The molecule has 0 heterocycles. The van der Waals surface area contributed by atoms with E-state index in [0.29, 0.717) is 0 Å². The summed E-state index contributed by atoms with van der Waals surface area (Å²) in [7, 11) is 9.24. The second-order valence-electron chi connectivity index (χ2n) is 10.3. The quantitative estimate of drug-likeness (QED) is 0.0983. The van der Waals surface area contributed by atoms with Crippen LogP contribution in [0.15, 0.2) is 0 Å². The molecule has 0 unspecified atom stereocenters. The van der Waals surface area contributed by atoms with Crippen LogP contribution >= 0.6 is 0 Å². The van der Waals surface area contributed by atoms with E-state index in [-0.39, 0.29) is 0 Å². The summed E-state index contributed by atoms with van der Waals surface area (Å²) in [5.74, 6) is 0. The van der Waals surface area contributed by atoms with E-state index in [1.54, 1.807) is 85.3 Å². The molecule has 0 rings (SSSR count). The van der Waals surface area contributed by atoms with Crippen LogP contribution in [0.25, 0.3) is 0 Å². The molecule has 0 radical (unpaired) electrons. The molecule has 0 saturated carbocycles. The van der Waals surface area contributed by atoms with Gasteiger partial charge in [0.2, 0.25) is 0 Å². The van der Waals surface area contributed by atoms with Gasteiger partial charge in [0.1, 0.15) is 0 Å². The summed E-state index contributed by atoms with van der Waals surface area (Å²) in [4.78, 5) is 4.95. The van der Waals surface area contributed by atoms with Crippen molar-refractivity contribution in [2.75, 3.05) is 125 Å². The maximum Gasteiger partial charge on any atom is 0.500 e. The van der Waals surface area contributed by atoms with Crippen molar-refractivity contribution in [1.29, 1.82) is 0 Å². The Hall–Kier alpha value is 0.308. The first kappa shape index (κ1) is 44.3. The minimum absolute atomic E-state index is 0.735. The van der Waals surface area contributed by atoms with Gasteiger partial charge in [-0.25, -0.2) is 0 Å². The van der Waals surface area contributed by atoms with Gasteiger partial charge < -0.3 is 62.9 Å². The molecule has 14 nitrogen and oxygen atoms in total. The molecule has 0 fully saturated rings. The SMILES string of the molecule is CO[Si](CCCN(CCC[Si](OC)(OC)OC)CCN(CCC[Si](OC)(OC)OC)CCC[Si](OC)(OC)OC)(OC)OC. The Labute approximate surface area is 272 Å². The summed E-state index contributed by atoms with van der Waals surface area (Å²) in [5.41, 5.74) is 0. The molecule has 0 saturated heterocycles. The average Bonchev–Trinajstić information content (AvgIpc) is 3.08. The van der Waals surface area contributed by atoms with Gasteiger partial charge in [0.05, 0.1) is 0 Å². The van der Waals surface area contributed by atoms with E-state index in [9.17, 15) is 0 Å². The van der Waals surface area contributed by atoms with E-state index < -0.39 is 35.2 Å². The highest BCUT2D eigenvalue weighted by Gasteiger charge is 2.40. The predicted octanol–water partition coefficient (Wildman–Crippen LogP) is 2.66. The average molecular weight is 709 g/mol. The van der Waals surface area contributed by atoms with E-state index in [0.717, 1.165) is 89.1 Å². The third-order valence-corrected chi connectivity index (χ3v) is 19.6. The largest absolute Gasteiger partial charge is 0.500 e. The second kappa shape index (κ2) is 24.4. The lowest BCUT2D eigenvalue weighted by Crippen LogP contribution is -2.45. The lowest BCUT2D eigenvalue weighted by atomic mass is 10.3. The van der Waals surface area contributed by atoms with Crippen molar-refractivity contribution in [1.82, 2.24) is 9.80 Å². The van der Waals surface area contributed by atoms with Gasteiger partial charge in [-0.2, -0.15) is 0 Å². The van der Waals surface area contributed by atoms with Gasteiger partial charge >= 0.3 is 35.2 Å². The lowest BCUT2D eigenvalue weighted by molar-refractivity contribution is 0.115. The first-order valence-electron chi connectivity index (χ1n) is 15.2. The molecule has 0 aromatic rings. The Morgan fingerprint density at radius 1 is 0.273 bits per heavy atom. The van der Waals surface area contributed by atoms with E-state index >= 15 is 0 Å². The van der Waals surface area contributed by atoms with Gasteiger partial charge in [0.25, 0.3) is 0 Å². The van der Waals surface area contributed by atoms with Crippen LogP contribution in [-0.2, 0) is 53.1 Å². The fourth-order valence-electron chi connectivity index (χ4n) is 5.26. The van der Waals surface area contributed by atoms with Crippen molar-refractivity contribution in [3.63, 3.8) is 0 Å². The minimum atomic E-state index is -2.65. The number of hydrogen-bond donors (Lipinski definition) is 0. The van der Waals surface area contributed by atoms with Gasteiger partial charge in [-0.05, 0) is 51.9 Å². The van der Waals surface area contributed by atoms with Gasteiger partial charge in [-0.15, -0.1) is 0 Å². The van der Waals surface area contributed by atoms with E-state index in [4.69, 9.17) is 53.1 Å². The monoisotopic (exact) mass is 708 g/mol. The van der Waals surface area contributed by atoms with Crippen molar-refractivity contribution in [2.24, 2.45) is 0 Å². The van der Waals surface area contributed by atoms with Crippen LogP contribution in [0.3, 0.4) is 0 Å². The molecule has 0 aromatic carbocycles. The Bertz CT molecular complexity index is 550. The Balaban J connectivity index is 5.63. The molecule has 0 aromatic heterocycles. The number of hydrogen-bond acceptors (Lipinski definition) is 14. The number of rotatable bonds is 31. The molecule has 266 valence electrons. The van der Waals surface area contributed by atoms with Gasteiger partial charge in [-0.1, -0.05) is 0 Å². The molecule has 0 aliphatic carbocycles. The van der Waals surface area contributed by atoms with E-state index in [2.05, 4.69) is 9.80 Å². The molecule has 0 bridgehead atoms. The Kier molecular flexibility index (Phi) is 24.6. The van der Waals surface area contributed by atoms with Crippen molar-refractivity contribution in [2.45, 2.75) is 49.9 Å². The summed E-state index contributed by atoms with van der Waals surface area (Å²) in [6.07, 6.45) is 3.54. The molecule has 0 aliphatic rings. The van der Waals surface area contributed by atoms with Crippen LogP contribution in [0.4, 0.5) is 0 Å². The fourth-order valence-corrected chi connectivity index (χ4v) is 12.1. The van der Waals surface area contributed by atoms with Crippen LogP contribution in [0.1, 0.15) is 25.7 Å². The summed E-state index contributed by atoms with van der Waals surface area (Å²) in [6.45, 7) is 5.26. The molecule has 0 atom stereocenters. The molecular formula is C26H64N2O12Si4. The highest BCUT2D eigenvalue weighted by Crippen LogP contribution is 2.20. The molecule has 0 N–H and O–H groups in total. The minimum Gasteiger partial charge on any atom is -0.377 e. The van der Waals surface area contributed by atoms with E-state index in [1.165, 1.54) is 0 Å².